The molecule has 1 aromatic heterocycles. The number of rotatable bonds is 9. The van der Waals surface area contributed by atoms with Gasteiger partial charge in [-0.2, -0.15) is 13.2 Å². The lowest BCUT2D eigenvalue weighted by molar-refractivity contribution is -0.265. The number of alkyl halides is 3. The van der Waals surface area contributed by atoms with Crippen molar-refractivity contribution in [1.29, 1.82) is 0 Å². The summed E-state index contributed by atoms with van der Waals surface area (Å²) in [5, 5.41) is 25.2. The summed E-state index contributed by atoms with van der Waals surface area (Å²) in [4.78, 5) is 17.0. The van der Waals surface area contributed by atoms with Crippen LogP contribution in [0.4, 0.5) is 23.2 Å². The van der Waals surface area contributed by atoms with E-state index in [1.807, 2.05) is 0 Å². The zero-order valence-corrected chi connectivity index (χ0v) is 21.6. The van der Waals surface area contributed by atoms with Gasteiger partial charge in [-0.1, -0.05) is 0 Å². The Morgan fingerprint density at radius 2 is 1.88 bits per heavy atom. The summed E-state index contributed by atoms with van der Waals surface area (Å²) in [7, 11) is 1.31. The van der Waals surface area contributed by atoms with Gasteiger partial charge < -0.3 is 36.1 Å². The standard InChI is InChI=1S/C27H28F4N4O5/c1-25(32)13-33-23-18(25)12-21(35-22(23)15-3-6-17(28)7-4-15)26(38,27(29,30)31)14-34-24(37)16-5-8-19(40-10-9-36)20(11-16)39-2/h3-8,11-12,33,36,38H,9-10,13-14,32H2,1-2H3,(H,34,37)/t25-,26?/m1/s1. The van der Waals surface area contributed by atoms with Crippen molar-refractivity contribution in [3.8, 4) is 22.8 Å². The minimum atomic E-state index is -5.27. The van der Waals surface area contributed by atoms with Crippen LogP contribution in [0.1, 0.15) is 28.5 Å². The van der Waals surface area contributed by atoms with Gasteiger partial charge >= 0.3 is 6.18 Å². The van der Waals surface area contributed by atoms with Gasteiger partial charge in [-0.25, -0.2) is 9.37 Å². The molecular formula is C27H28F4N4O5. The zero-order chi connectivity index (χ0) is 29.3. The Bertz CT molecular complexity index is 1400. The number of ether oxygens (including phenoxy) is 2. The predicted molar refractivity (Wildman–Crippen MR) is 138 cm³/mol. The predicted octanol–water partition coefficient (Wildman–Crippen LogP) is 3.05. The molecule has 13 heteroatoms. The van der Waals surface area contributed by atoms with E-state index in [-0.39, 0.29) is 48.1 Å². The smallest absolute Gasteiger partial charge is 0.424 e. The number of pyridine rings is 1. The molecule has 1 aliphatic heterocycles. The lowest BCUT2D eigenvalue weighted by Crippen LogP contribution is -2.51. The fourth-order valence-corrected chi connectivity index (χ4v) is 4.30. The summed E-state index contributed by atoms with van der Waals surface area (Å²) >= 11 is 0. The van der Waals surface area contributed by atoms with Crippen LogP contribution in [-0.2, 0) is 11.1 Å². The molecule has 0 fully saturated rings. The normalized spacial score (nSPS) is 17.9. The minimum Gasteiger partial charge on any atom is -0.493 e. The van der Waals surface area contributed by atoms with E-state index >= 15 is 0 Å². The van der Waals surface area contributed by atoms with E-state index in [1.54, 1.807) is 6.92 Å². The summed E-state index contributed by atoms with van der Waals surface area (Å²) in [6.07, 6.45) is -5.27. The van der Waals surface area contributed by atoms with Gasteiger partial charge in [-0.05, 0) is 55.5 Å². The molecule has 0 saturated carbocycles. The molecule has 1 unspecified atom stereocenters. The first-order valence-corrected chi connectivity index (χ1v) is 12.1. The van der Waals surface area contributed by atoms with Gasteiger partial charge in [0.15, 0.2) is 11.5 Å². The van der Waals surface area contributed by atoms with Crippen LogP contribution < -0.4 is 25.8 Å². The molecule has 6 N–H and O–H groups in total. The maximum atomic E-state index is 14.5. The highest BCUT2D eigenvalue weighted by Gasteiger charge is 2.57. The molecule has 0 saturated heterocycles. The van der Waals surface area contributed by atoms with Crippen LogP contribution in [0, 0.1) is 5.82 Å². The number of aliphatic hydroxyl groups is 2. The average Bonchev–Trinajstić information content (AvgIpc) is 3.23. The van der Waals surface area contributed by atoms with Crippen LogP contribution >= 0.6 is 0 Å². The summed E-state index contributed by atoms with van der Waals surface area (Å²) in [6, 6.07) is 9.96. The number of anilines is 1. The molecule has 0 aliphatic carbocycles. The van der Waals surface area contributed by atoms with Crippen molar-refractivity contribution in [3.63, 3.8) is 0 Å². The second kappa shape index (κ2) is 10.9. The molecule has 2 aromatic carbocycles. The first-order valence-electron chi connectivity index (χ1n) is 12.1. The zero-order valence-electron chi connectivity index (χ0n) is 21.6. The Hall–Kier alpha value is -3.94. The molecule has 40 heavy (non-hydrogen) atoms. The Morgan fingerprint density at radius 1 is 1.18 bits per heavy atom. The van der Waals surface area contributed by atoms with Crippen molar-refractivity contribution in [3.05, 3.63) is 71.2 Å². The molecule has 2 heterocycles. The summed E-state index contributed by atoms with van der Waals surface area (Å²) < 4.78 is 67.4. The summed E-state index contributed by atoms with van der Waals surface area (Å²) in [6.45, 7) is 0.220. The van der Waals surface area contributed by atoms with Crippen LogP contribution in [0.3, 0.4) is 0 Å². The molecule has 0 spiro atoms. The van der Waals surface area contributed by atoms with Gasteiger partial charge in [0.05, 0.1) is 42.9 Å². The molecule has 4 rings (SSSR count). The van der Waals surface area contributed by atoms with E-state index in [4.69, 9.17) is 20.3 Å². The summed E-state index contributed by atoms with van der Waals surface area (Å²) in [5.74, 6) is -1.15. The lowest BCUT2D eigenvalue weighted by atomic mass is 9.89. The van der Waals surface area contributed by atoms with E-state index in [1.165, 1.54) is 37.4 Å². The summed E-state index contributed by atoms with van der Waals surface area (Å²) in [5.41, 5.74) is 1.74. The van der Waals surface area contributed by atoms with Crippen molar-refractivity contribution in [2.24, 2.45) is 5.73 Å². The van der Waals surface area contributed by atoms with Crippen LogP contribution in [-0.4, -0.2) is 60.7 Å². The number of halogens is 4. The van der Waals surface area contributed by atoms with Crippen molar-refractivity contribution < 1.29 is 42.0 Å². The Kier molecular flexibility index (Phi) is 7.92. The van der Waals surface area contributed by atoms with E-state index < -0.39 is 41.3 Å². The second-order valence-corrected chi connectivity index (χ2v) is 9.53. The number of hydrogen-bond acceptors (Lipinski definition) is 8. The second-order valence-electron chi connectivity index (χ2n) is 9.53. The fraction of sp³-hybridized carbons (Fsp3) is 0.333. The van der Waals surface area contributed by atoms with Crippen molar-refractivity contribution in [2.75, 3.05) is 38.7 Å². The highest BCUT2D eigenvalue weighted by atomic mass is 19.4. The number of aromatic nitrogens is 1. The number of carbonyl (C=O) groups is 1. The van der Waals surface area contributed by atoms with Crippen LogP contribution in [0.25, 0.3) is 11.3 Å². The van der Waals surface area contributed by atoms with Crippen LogP contribution in [0.5, 0.6) is 11.5 Å². The van der Waals surface area contributed by atoms with Gasteiger partial charge in [0.2, 0.25) is 5.60 Å². The number of benzene rings is 2. The first-order chi connectivity index (χ1) is 18.8. The highest BCUT2D eigenvalue weighted by Crippen LogP contribution is 2.45. The number of fused-ring (bicyclic) bond motifs is 1. The molecule has 3 aromatic rings. The Balaban J connectivity index is 1.71. The molecule has 0 bridgehead atoms. The Morgan fingerprint density at radius 3 is 2.50 bits per heavy atom. The van der Waals surface area contributed by atoms with Gasteiger partial charge in [0.1, 0.15) is 12.4 Å². The first kappa shape index (κ1) is 29.1. The van der Waals surface area contributed by atoms with Gasteiger partial charge in [0, 0.05) is 23.2 Å². The minimum absolute atomic E-state index is 0.0361. The maximum Gasteiger partial charge on any atom is 0.424 e. The third-order valence-electron chi connectivity index (χ3n) is 6.56. The van der Waals surface area contributed by atoms with E-state index in [0.717, 1.165) is 18.2 Å². The number of aliphatic hydroxyl groups excluding tert-OH is 1. The quantitative estimate of drug-likeness (QED) is 0.250. The monoisotopic (exact) mass is 564 g/mol. The van der Waals surface area contributed by atoms with E-state index in [9.17, 15) is 27.5 Å². The number of hydrogen-bond donors (Lipinski definition) is 5. The highest BCUT2D eigenvalue weighted by molar-refractivity contribution is 5.95. The average molecular weight is 565 g/mol. The SMILES string of the molecule is COc1cc(C(=O)NCC(O)(c2cc3c(c(-c4ccc(F)cc4)n2)NC[C@@]3(C)N)C(F)(F)F)ccc1OCCO. The van der Waals surface area contributed by atoms with Crippen molar-refractivity contribution in [2.45, 2.75) is 24.2 Å². The lowest BCUT2D eigenvalue weighted by Gasteiger charge is -2.31. The third-order valence-corrected chi connectivity index (χ3v) is 6.56. The fourth-order valence-electron chi connectivity index (χ4n) is 4.30. The number of nitrogens with two attached hydrogens (primary N) is 1. The number of nitrogens with zero attached hydrogens (tertiary/aromatic N) is 1. The largest absolute Gasteiger partial charge is 0.493 e. The van der Waals surface area contributed by atoms with Gasteiger partial charge in [-0.15, -0.1) is 0 Å². The van der Waals surface area contributed by atoms with Gasteiger partial charge in [-0.3, -0.25) is 4.79 Å². The molecule has 1 amide bonds. The van der Waals surface area contributed by atoms with Gasteiger partial charge in [0.25, 0.3) is 5.91 Å². The molecule has 9 nitrogen and oxygen atoms in total. The van der Waals surface area contributed by atoms with E-state index in [0.29, 0.717) is 11.3 Å². The van der Waals surface area contributed by atoms with Crippen LogP contribution in [0.2, 0.25) is 0 Å². The number of amides is 1. The van der Waals surface area contributed by atoms with Crippen molar-refractivity contribution in [1.82, 2.24) is 10.3 Å². The molecular weight excluding hydrogens is 536 g/mol. The van der Waals surface area contributed by atoms with E-state index in [2.05, 4.69) is 15.6 Å². The molecule has 2 atom stereocenters. The number of carbonyl (C=O) groups excluding carboxylic acids is 1. The third kappa shape index (κ3) is 5.53. The topological polar surface area (TPSA) is 139 Å². The Labute approximate surface area is 226 Å². The van der Waals surface area contributed by atoms with Crippen LogP contribution in [0.15, 0.2) is 48.5 Å². The molecule has 0 radical (unpaired) electrons. The maximum absolute atomic E-state index is 14.5. The number of nitrogens with one attached hydrogen (secondary N) is 2. The molecule has 1 aliphatic rings. The number of methoxy groups -OCH3 is 1. The van der Waals surface area contributed by atoms with Crippen molar-refractivity contribution >= 4 is 11.6 Å². The molecule has 214 valence electrons.